The number of aryl methyl sites for hydroxylation is 2. The number of hydrogen-bond donors (Lipinski definition) is 2. The van der Waals surface area contributed by atoms with Gasteiger partial charge in [-0.05, 0) is 55.5 Å². The summed E-state index contributed by atoms with van der Waals surface area (Å²) in [5, 5.41) is 0. The number of nitrogens with one attached hydrogen (secondary N) is 1. The molecule has 0 amide bonds. The smallest absolute Gasteiger partial charge is 0.266 e. The van der Waals surface area contributed by atoms with E-state index in [-0.39, 0.29) is 5.92 Å². The van der Waals surface area contributed by atoms with Crippen molar-refractivity contribution in [2.45, 2.75) is 26.2 Å². The molecule has 3 aromatic heterocycles. The van der Waals surface area contributed by atoms with E-state index in [1.807, 2.05) is 38.4 Å². The lowest BCUT2D eigenvalue weighted by Crippen LogP contribution is -2.16. The predicted octanol–water partition coefficient (Wildman–Crippen LogP) is 3.76. The second-order valence-corrected chi connectivity index (χ2v) is 9.70. The molecule has 2 unspecified atom stereocenters. The second kappa shape index (κ2) is 7.24. The first-order valence-corrected chi connectivity index (χ1v) is 11.4. The molecule has 1 aliphatic rings. The molecule has 8 heteroatoms. The SMILES string of the molecule is Cc1nc(-c2cc(-c3cncc(C4CCN(P(C)(=O)O)C4)c3)ccn2)[nH]c1C. The third-order valence-corrected chi connectivity index (χ3v) is 6.80. The Bertz CT molecular complexity index is 1040. The summed E-state index contributed by atoms with van der Waals surface area (Å²) in [4.78, 5) is 26.5. The van der Waals surface area contributed by atoms with Crippen LogP contribution in [0.4, 0.5) is 0 Å². The maximum Gasteiger partial charge on any atom is 0.266 e. The molecular formula is C20H24N5O2P. The number of rotatable bonds is 4. The van der Waals surface area contributed by atoms with Crippen LogP contribution in [0, 0.1) is 13.8 Å². The van der Waals surface area contributed by atoms with Gasteiger partial charge in [0.05, 0.1) is 5.69 Å². The Morgan fingerprint density at radius 3 is 2.75 bits per heavy atom. The Balaban J connectivity index is 1.62. The lowest BCUT2D eigenvalue weighted by Gasteiger charge is -2.19. The average Bonchev–Trinajstić information content (AvgIpc) is 3.30. The zero-order chi connectivity index (χ0) is 19.9. The minimum absolute atomic E-state index is 0.213. The normalized spacial score (nSPS) is 19.6. The van der Waals surface area contributed by atoms with Crippen molar-refractivity contribution < 1.29 is 9.46 Å². The van der Waals surface area contributed by atoms with E-state index in [0.717, 1.165) is 46.0 Å². The van der Waals surface area contributed by atoms with Gasteiger partial charge in [-0.1, -0.05) is 0 Å². The first-order valence-electron chi connectivity index (χ1n) is 9.32. The van der Waals surface area contributed by atoms with Crippen LogP contribution in [0.5, 0.6) is 0 Å². The van der Waals surface area contributed by atoms with Crippen LogP contribution in [0.1, 0.15) is 29.3 Å². The Morgan fingerprint density at radius 1 is 1.25 bits per heavy atom. The second-order valence-electron chi connectivity index (χ2n) is 7.47. The molecule has 3 aromatic rings. The molecule has 0 radical (unpaired) electrons. The summed E-state index contributed by atoms with van der Waals surface area (Å²) >= 11 is 0. The fraction of sp³-hybridized carbons (Fsp3) is 0.350. The maximum atomic E-state index is 11.9. The quantitative estimate of drug-likeness (QED) is 0.651. The van der Waals surface area contributed by atoms with E-state index < -0.39 is 7.52 Å². The van der Waals surface area contributed by atoms with E-state index in [4.69, 9.17) is 0 Å². The molecule has 0 bridgehead atoms. The molecule has 146 valence electrons. The monoisotopic (exact) mass is 397 g/mol. The Kier molecular flexibility index (Phi) is 4.91. The van der Waals surface area contributed by atoms with Crippen molar-refractivity contribution in [2.75, 3.05) is 19.8 Å². The number of aromatic amines is 1. The van der Waals surface area contributed by atoms with E-state index in [2.05, 4.69) is 26.0 Å². The lowest BCUT2D eigenvalue weighted by atomic mass is 9.97. The van der Waals surface area contributed by atoms with Gasteiger partial charge in [-0.25, -0.2) is 9.65 Å². The van der Waals surface area contributed by atoms with Gasteiger partial charge in [0.25, 0.3) is 7.52 Å². The molecule has 0 spiro atoms. The number of aromatic nitrogens is 4. The van der Waals surface area contributed by atoms with E-state index in [0.29, 0.717) is 13.1 Å². The van der Waals surface area contributed by atoms with Crippen LogP contribution in [-0.4, -0.2) is 49.3 Å². The Hall–Kier alpha value is -2.34. The summed E-state index contributed by atoms with van der Waals surface area (Å²) in [6.07, 6.45) is 6.33. The standard InChI is InChI=1S/C20H24N5O2P/c1-13-14(2)24-20(23-13)19-9-15(4-6-22-19)17-8-18(11-21-10-17)16-5-7-25(12-16)28(3,26)27/h4,6,8-11,16H,5,7,12H2,1-3H3,(H,23,24)(H,26,27). The predicted molar refractivity (Wildman–Crippen MR) is 109 cm³/mol. The number of nitrogens with zero attached hydrogens (tertiary/aromatic N) is 4. The highest BCUT2D eigenvalue weighted by atomic mass is 31.2. The highest BCUT2D eigenvalue weighted by Gasteiger charge is 2.32. The highest BCUT2D eigenvalue weighted by Crippen LogP contribution is 2.46. The number of imidazole rings is 1. The van der Waals surface area contributed by atoms with Gasteiger partial charge in [-0.15, -0.1) is 0 Å². The van der Waals surface area contributed by atoms with Gasteiger partial charge in [0.2, 0.25) is 0 Å². The Labute approximate surface area is 164 Å². The van der Waals surface area contributed by atoms with Crippen LogP contribution >= 0.6 is 7.52 Å². The topological polar surface area (TPSA) is 95.0 Å². The van der Waals surface area contributed by atoms with Gasteiger partial charge in [-0.3, -0.25) is 14.5 Å². The van der Waals surface area contributed by atoms with E-state index in [1.165, 1.54) is 6.66 Å². The van der Waals surface area contributed by atoms with E-state index in [1.54, 1.807) is 10.9 Å². The van der Waals surface area contributed by atoms with Crippen LogP contribution in [0.25, 0.3) is 22.6 Å². The minimum Gasteiger partial charge on any atom is -0.341 e. The van der Waals surface area contributed by atoms with Crippen molar-refractivity contribution in [3.8, 4) is 22.6 Å². The first-order chi connectivity index (χ1) is 13.3. The molecule has 0 aromatic carbocycles. The molecule has 1 saturated heterocycles. The summed E-state index contributed by atoms with van der Waals surface area (Å²) in [5.74, 6) is 0.971. The van der Waals surface area contributed by atoms with Gasteiger partial charge in [-0.2, -0.15) is 0 Å². The van der Waals surface area contributed by atoms with Gasteiger partial charge in [0, 0.05) is 49.6 Å². The van der Waals surface area contributed by atoms with Gasteiger partial charge in [0.1, 0.15) is 5.69 Å². The first kappa shape index (κ1) is 19.0. The molecule has 0 saturated carbocycles. The van der Waals surface area contributed by atoms with Crippen molar-refractivity contribution in [1.29, 1.82) is 0 Å². The summed E-state index contributed by atoms with van der Waals surface area (Å²) in [6.45, 7) is 6.59. The zero-order valence-corrected chi connectivity index (χ0v) is 17.1. The third-order valence-electron chi connectivity index (χ3n) is 5.39. The maximum absolute atomic E-state index is 11.9. The van der Waals surface area contributed by atoms with Gasteiger partial charge in [0.15, 0.2) is 5.82 Å². The summed E-state index contributed by atoms with van der Waals surface area (Å²) < 4.78 is 13.6. The van der Waals surface area contributed by atoms with E-state index >= 15 is 0 Å². The molecule has 2 atom stereocenters. The van der Waals surface area contributed by atoms with Gasteiger partial charge >= 0.3 is 0 Å². The lowest BCUT2D eigenvalue weighted by molar-refractivity contribution is 0.388. The average molecular weight is 397 g/mol. The molecule has 1 aliphatic heterocycles. The number of hydrogen-bond acceptors (Lipinski definition) is 4. The largest absolute Gasteiger partial charge is 0.341 e. The van der Waals surface area contributed by atoms with Crippen LogP contribution in [-0.2, 0) is 4.57 Å². The molecule has 4 heterocycles. The minimum atomic E-state index is -3.19. The zero-order valence-electron chi connectivity index (χ0n) is 16.3. The fourth-order valence-electron chi connectivity index (χ4n) is 3.60. The van der Waals surface area contributed by atoms with Crippen LogP contribution in [0.2, 0.25) is 0 Å². The molecule has 7 nitrogen and oxygen atoms in total. The molecule has 1 fully saturated rings. The molecule has 4 rings (SSSR count). The van der Waals surface area contributed by atoms with Crippen molar-refractivity contribution in [2.24, 2.45) is 0 Å². The highest BCUT2D eigenvalue weighted by molar-refractivity contribution is 7.54. The summed E-state index contributed by atoms with van der Waals surface area (Å²) in [7, 11) is -3.19. The fourth-order valence-corrected chi connectivity index (χ4v) is 4.58. The van der Waals surface area contributed by atoms with Crippen LogP contribution < -0.4 is 0 Å². The number of pyridine rings is 2. The third kappa shape index (κ3) is 3.78. The Morgan fingerprint density at radius 2 is 2.07 bits per heavy atom. The van der Waals surface area contributed by atoms with Gasteiger partial charge < -0.3 is 9.88 Å². The summed E-state index contributed by atoms with van der Waals surface area (Å²) in [5.41, 5.74) is 5.91. The summed E-state index contributed by atoms with van der Waals surface area (Å²) in [6, 6.07) is 6.09. The van der Waals surface area contributed by atoms with Crippen LogP contribution in [0.15, 0.2) is 36.8 Å². The molecular weight excluding hydrogens is 373 g/mol. The van der Waals surface area contributed by atoms with Crippen molar-refractivity contribution in [3.05, 3.63) is 53.7 Å². The molecule has 28 heavy (non-hydrogen) atoms. The van der Waals surface area contributed by atoms with Crippen LogP contribution in [0.3, 0.4) is 0 Å². The molecule has 0 aliphatic carbocycles. The van der Waals surface area contributed by atoms with Crippen molar-refractivity contribution >= 4 is 7.52 Å². The van der Waals surface area contributed by atoms with Crippen molar-refractivity contribution in [1.82, 2.24) is 24.6 Å². The molecule has 2 N–H and O–H groups in total. The number of H-pyrrole nitrogens is 1. The van der Waals surface area contributed by atoms with Crippen molar-refractivity contribution in [3.63, 3.8) is 0 Å². The van der Waals surface area contributed by atoms with E-state index in [9.17, 15) is 9.46 Å².